The maximum atomic E-state index is 12.7. The highest BCUT2D eigenvalue weighted by molar-refractivity contribution is 6.84. The second kappa shape index (κ2) is 11.7. The molecule has 0 saturated carbocycles. The zero-order chi connectivity index (χ0) is 27.7. The summed E-state index contributed by atoms with van der Waals surface area (Å²) in [5.74, 6) is -0.958. The number of aliphatic hydroxyl groups excluding tert-OH is 1. The lowest BCUT2D eigenvalue weighted by atomic mass is 10.1. The SMILES string of the molecule is CCOC(=O)/C=C1\[C@H](N2C=CC(=O)NC2O)O[C@@H]2CO[Si](C(C)C)(C(C)C)O[Si](C(C)C)(C(C)C)O[C@@H]12. The minimum Gasteiger partial charge on any atom is -0.463 e. The van der Waals surface area contributed by atoms with Crippen molar-refractivity contribution in [2.45, 2.75) is 109 Å². The average Bonchev–Trinajstić information content (AvgIpc) is 3.09. The fraction of sp³-hybridized carbons (Fsp3) is 0.760. The molecule has 3 rings (SSSR count). The molecule has 1 amide bonds. The molecule has 0 radical (unpaired) electrons. The standard InChI is InChI=1S/C25H44N2O8Si2/c1-10-31-22(29)13-19-23-20(33-24(19)27-12-11-21(28)26-25(27)30)14-32-36(15(2)3,16(4)5)35-37(34-23,17(6)7)18(8)9/h11-13,15-18,20,23-25,30H,10,14H2,1-9H3,(H,26,28)/b19-13-/t20-,23+,24-,25?/m1/s1. The number of rotatable bonds is 7. The van der Waals surface area contributed by atoms with Gasteiger partial charge in [0.25, 0.3) is 0 Å². The first-order valence-corrected chi connectivity index (χ1v) is 17.2. The zero-order valence-corrected chi connectivity index (χ0v) is 25.5. The molecule has 10 nitrogen and oxygen atoms in total. The molecule has 1 unspecified atom stereocenters. The Balaban J connectivity index is 2.15. The van der Waals surface area contributed by atoms with Gasteiger partial charge in [-0.3, -0.25) is 4.79 Å². The van der Waals surface area contributed by atoms with Gasteiger partial charge in [-0.15, -0.1) is 0 Å². The van der Waals surface area contributed by atoms with Gasteiger partial charge >= 0.3 is 23.1 Å². The van der Waals surface area contributed by atoms with Crippen molar-refractivity contribution in [1.82, 2.24) is 10.2 Å². The van der Waals surface area contributed by atoms with Crippen molar-refractivity contribution in [2.75, 3.05) is 13.2 Å². The molecule has 37 heavy (non-hydrogen) atoms. The molecule has 0 bridgehead atoms. The van der Waals surface area contributed by atoms with Crippen LogP contribution in [-0.4, -0.2) is 77.0 Å². The molecule has 0 aromatic heterocycles. The third kappa shape index (κ3) is 5.75. The predicted octanol–water partition coefficient (Wildman–Crippen LogP) is 3.38. The average molecular weight is 557 g/mol. The Morgan fingerprint density at radius 1 is 1.14 bits per heavy atom. The van der Waals surface area contributed by atoms with Gasteiger partial charge in [0.1, 0.15) is 12.2 Å². The van der Waals surface area contributed by atoms with Gasteiger partial charge in [0.15, 0.2) is 6.23 Å². The van der Waals surface area contributed by atoms with E-state index in [1.165, 1.54) is 23.3 Å². The minimum absolute atomic E-state index is 0.0851. The van der Waals surface area contributed by atoms with Gasteiger partial charge in [0.05, 0.1) is 13.2 Å². The summed E-state index contributed by atoms with van der Waals surface area (Å²) in [6, 6.07) is 0. The number of amides is 1. The van der Waals surface area contributed by atoms with Crippen molar-refractivity contribution >= 4 is 29.0 Å². The van der Waals surface area contributed by atoms with Crippen LogP contribution < -0.4 is 5.32 Å². The molecule has 2 N–H and O–H groups in total. The third-order valence-electron chi connectivity index (χ3n) is 7.37. The Hall–Kier alpha value is -1.55. The van der Waals surface area contributed by atoms with Crippen molar-refractivity contribution in [3.05, 3.63) is 23.9 Å². The quantitative estimate of drug-likeness (QED) is 0.277. The monoisotopic (exact) mass is 556 g/mol. The van der Waals surface area contributed by atoms with Crippen LogP contribution in [0.25, 0.3) is 0 Å². The fourth-order valence-electron chi connectivity index (χ4n) is 5.47. The summed E-state index contributed by atoms with van der Waals surface area (Å²) in [6.07, 6.45) is 0.708. The predicted molar refractivity (Wildman–Crippen MR) is 142 cm³/mol. The van der Waals surface area contributed by atoms with Gasteiger partial charge < -0.3 is 37.8 Å². The van der Waals surface area contributed by atoms with Gasteiger partial charge in [0.2, 0.25) is 12.3 Å². The molecule has 3 aliphatic rings. The smallest absolute Gasteiger partial charge is 0.335 e. The zero-order valence-electron chi connectivity index (χ0n) is 23.5. The van der Waals surface area contributed by atoms with Crippen LogP contribution in [0.15, 0.2) is 23.9 Å². The Morgan fingerprint density at radius 3 is 2.24 bits per heavy atom. The Bertz CT molecular complexity index is 891. The molecular formula is C25H44N2O8Si2. The first-order valence-electron chi connectivity index (χ1n) is 13.3. The first-order chi connectivity index (χ1) is 17.3. The van der Waals surface area contributed by atoms with Gasteiger partial charge in [-0.1, -0.05) is 55.4 Å². The highest BCUT2D eigenvalue weighted by atomic mass is 28.5. The van der Waals surface area contributed by atoms with Crippen molar-refractivity contribution in [3.8, 4) is 0 Å². The van der Waals surface area contributed by atoms with Crippen LogP contribution >= 0.6 is 0 Å². The van der Waals surface area contributed by atoms with E-state index in [4.69, 9.17) is 22.4 Å². The van der Waals surface area contributed by atoms with E-state index < -0.39 is 53.8 Å². The largest absolute Gasteiger partial charge is 0.463 e. The first kappa shape index (κ1) is 30.0. The summed E-state index contributed by atoms with van der Waals surface area (Å²) in [4.78, 5) is 25.9. The van der Waals surface area contributed by atoms with Crippen LogP contribution in [0.1, 0.15) is 62.3 Å². The molecule has 0 aliphatic carbocycles. The van der Waals surface area contributed by atoms with Crippen LogP contribution in [0.5, 0.6) is 0 Å². The van der Waals surface area contributed by atoms with Gasteiger partial charge in [-0.2, -0.15) is 0 Å². The van der Waals surface area contributed by atoms with E-state index in [9.17, 15) is 14.7 Å². The summed E-state index contributed by atoms with van der Waals surface area (Å²) in [7, 11) is -5.77. The lowest BCUT2D eigenvalue weighted by molar-refractivity contribution is -0.141. The molecule has 2 saturated heterocycles. The van der Waals surface area contributed by atoms with E-state index in [-0.39, 0.29) is 35.4 Å². The lowest BCUT2D eigenvalue weighted by Crippen LogP contribution is -2.65. The van der Waals surface area contributed by atoms with E-state index in [1.54, 1.807) is 6.92 Å². The summed E-state index contributed by atoms with van der Waals surface area (Å²) in [5.41, 5.74) is 1.01. The van der Waals surface area contributed by atoms with Crippen LogP contribution in [0.2, 0.25) is 22.2 Å². The molecule has 0 aromatic rings. The molecule has 3 aliphatic heterocycles. The van der Waals surface area contributed by atoms with Gasteiger partial charge in [0, 0.05) is 23.9 Å². The summed E-state index contributed by atoms with van der Waals surface area (Å²) < 4.78 is 32.8. The number of ether oxygens (including phenoxy) is 2. The second-order valence-corrected chi connectivity index (χ2v) is 19.9. The number of fused-ring (bicyclic) bond motifs is 1. The van der Waals surface area contributed by atoms with Crippen LogP contribution in [-0.2, 0) is 32.0 Å². The normalized spacial score (nSPS) is 30.6. The maximum absolute atomic E-state index is 12.7. The Kier molecular flexibility index (Phi) is 9.47. The third-order valence-corrected chi connectivity index (χ3v) is 17.6. The molecule has 4 atom stereocenters. The second-order valence-electron chi connectivity index (χ2n) is 11.1. The van der Waals surface area contributed by atoms with E-state index in [1.807, 2.05) is 0 Å². The van der Waals surface area contributed by atoms with Crippen LogP contribution in [0, 0.1) is 0 Å². The van der Waals surface area contributed by atoms with E-state index in [0.29, 0.717) is 5.57 Å². The highest BCUT2D eigenvalue weighted by Gasteiger charge is 2.61. The molecule has 210 valence electrons. The molecular weight excluding hydrogens is 512 g/mol. The number of carbonyl (C=O) groups is 2. The molecule has 0 spiro atoms. The van der Waals surface area contributed by atoms with E-state index >= 15 is 0 Å². The molecule has 2 fully saturated rings. The number of nitrogens with one attached hydrogen (secondary N) is 1. The maximum Gasteiger partial charge on any atom is 0.335 e. The molecule has 0 aromatic carbocycles. The summed E-state index contributed by atoms with van der Waals surface area (Å²) in [5, 5.41) is 13.1. The minimum atomic E-state index is -2.99. The van der Waals surface area contributed by atoms with Crippen molar-refractivity contribution in [1.29, 1.82) is 0 Å². The molecule has 3 heterocycles. The topological polar surface area (TPSA) is 116 Å². The van der Waals surface area contributed by atoms with Crippen molar-refractivity contribution in [3.63, 3.8) is 0 Å². The van der Waals surface area contributed by atoms with Gasteiger partial charge in [-0.25, -0.2) is 4.79 Å². The van der Waals surface area contributed by atoms with E-state index in [0.717, 1.165) is 0 Å². The molecule has 12 heteroatoms. The van der Waals surface area contributed by atoms with Crippen molar-refractivity contribution in [2.24, 2.45) is 0 Å². The highest BCUT2D eigenvalue weighted by Crippen LogP contribution is 2.48. The summed E-state index contributed by atoms with van der Waals surface area (Å²) >= 11 is 0. The Labute approximate surface area is 222 Å². The van der Waals surface area contributed by atoms with Crippen molar-refractivity contribution < 1.29 is 37.1 Å². The van der Waals surface area contributed by atoms with E-state index in [2.05, 4.69) is 60.7 Å². The number of aliphatic hydroxyl groups is 1. The fourth-order valence-corrected chi connectivity index (χ4v) is 16.7. The number of carbonyl (C=O) groups excluding carboxylic acids is 2. The number of nitrogens with zero attached hydrogens (tertiary/aromatic N) is 1. The lowest BCUT2D eigenvalue weighted by Gasteiger charge is -2.51. The summed E-state index contributed by atoms with van der Waals surface area (Å²) in [6.45, 7) is 19.2. The number of hydrogen-bond acceptors (Lipinski definition) is 9. The van der Waals surface area contributed by atoms with Crippen LogP contribution in [0.4, 0.5) is 0 Å². The Morgan fingerprint density at radius 2 is 1.73 bits per heavy atom. The number of hydrogen-bond donors (Lipinski definition) is 2. The van der Waals surface area contributed by atoms with Crippen LogP contribution in [0.3, 0.4) is 0 Å². The van der Waals surface area contributed by atoms with Gasteiger partial charge in [-0.05, 0) is 29.1 Å². The number of esters is 1.